The molecule has 2 unspecified atom stereocenters. The first-order chi connectivity index (χ1) is 18.5. The van der Waals surface area contributed by atoms with Gasteiger partial charge in [-0.3, -0.25) is 0 Å². The van der Waals surface area contributed by atoms with Crippen LogP contribution in [0.1, 0.15) is 84.8 Å². The average molecular weight is 529 g/mol. The molecule has 2 atom stereocenters. The predicted octanol–water partition coefficient (Wildman–Crippen LogP) is 9.20. The predicted molar refractivity (Wildman–Crippen MR) is 157 cm³/mol. The molecule has 5 rings (SSSR count). The van der Waals surface area contributed by atoms with Crippen LogP contribution in [0.25, 0.3) is 22.3 Å². The molecule has 2 aliphatic heterocycles. The van der Waals surface area contributed by atoms with Gasteiger partial charge >= 0.3 is 0 Å². The molecular formula is C35H44O4. The highest BCUT2D eigenvalue weighted by molar-refractivity contribution is 5.74. The Balaban J connectivity index is 1.32. The molecule has 2 fully saturated rings. The molecule has 208 valence electrons. The molecule has 0 spiro atoms. The number of aryl methyl sites for hydroxylation is 1. The molecule has 2 saturated heterocycles. The van der Waals surface area contributed by atoms with E-state index < -0.39 is 11.4 Å². The van der Waals surface area contributed by atoms with Crippen LogP contribution in [0.15, 0.2) is 66.7 Å². The molecule has 4 nitrogen and oxygen atoms in total. The summed E-state index contributed by atoms with van der Waals surface area (Å²) in [6, 6.07) is 23.0. The second kappa shape index (κ2) is 10.4. The maximum atomic E-state index is 11.1. The number of phenolic OH excluding ortho intramolecular Hbond substituents is 1. The SMILES string of the molecule is CCCCCCCc1ccc(-c2ccc(-c3ccc(C45OCC(C)(C)C4(C(C)(C)C)OO5)cc3O)cc2)cc1. The van der Waals surface area contributed by atoms with Gasteiger partial charge in [-0.15, -0.1) is 0 Å². The summed E-state index contributed by atoms with van der Waals surface area (Å²) in [6.07, 6.45) is 7.69. The molecule has 3 aromatic carbocycles. The highest BCUT2D eigenvalue weighted by atomic mass is 17.3. The summed E-state index contributed by atoms with van der Waals surface area (Å²) >= 11 is 0. The zero-order valence-electron chi connectivity index (χ0n) is 24.5. The Hall–Kier alpha value is -2.66. The summed E-state index contributed by atoms with van der Waals surface area (Å²) in [6.45, 7) is 13.5. The molecule has 0 aromatic heterocycles. The monoisotopic (exact) mass is 528 g/mol. The number of benzene rings is 3. The number of ether oxygens (including phenoxy) is 1. The van der Waals surface area contributed by atoms with Crippen LogP contribution < -0.4 is 0 Å². The molecular weight excluding hydrogens is 484 g/mol. The molecule has 0 radical (unpaired) electrons. The Morgan fingerprint density at radius 2 is 1.38 bits per heavy atom. The van der Waals surface area contributed by atoms with Crippen molar-refractivity contribution in [2.45, 2.75) is 91.5 Å². The van der Waals surface area contributed by atoms with Crippen molar-refractivity contribution in [3.63, 3.8) is 0 Å². The fraction of sp³-hybridized carbons (Fsp3) is 0.486. The van der Waals surface area contributed by atoms with Crippen LogP contribution in [0.4, 0.5) is 0 Å². The zero-order valence-corrected chi connectivity index (χ0v) is 24.5. The van der Waals surface area contributed by atoms with Crippen molar-refractivity contribution in [2.24, 2.45) is 10.8 Å². The third-order valence-electron chi connectivity index (χ3n) is 8.82. The molecule has 3 aromatic rings. The van der Waals surface area contributed by atoms with Gasteiger partial charge in [0.15, 0.2) is 5.60 Å². The van der Waals surface area contributed by atoms with Crippen molar-refractivity contribution >= 4 is 0 Å². The second-order valence-corrected chi connectivity index (χ2v) is 13.1. The minimum Gasteiger partial charge on any atom is -0.507 e. The first-order valence-electron chi connectivity index (χ1n) is 14.6. The fourth-order valence-corrected chi connectivity index (χ4v) is 6.86. The van der Waals surface area contributed by atoms with E-state index in [0.717, 1.165) is 23.1 Å². The molecule has 0 amide bonds. The largest absolute Gasteiger partial charge is 0.507 e. The van der Waals surface area contributed by atoms with Gasteiger partial charge in [-0.1, -0.05) is 128 Å². The van der Waals surface area contributed by atoms with E-state index in [4.69, 9.17) is 14.5 Å². The van der Waals surface area contributed by atoms with Gasteiger partial charge in [0, 0.05) is 22.0 Å². The van der Waals surface area contributed by atoms with Crippen molar-refractivity contribution in [2.75, 3.05) is 6.61 Å². The van der Waals surface area contributed by atoms with Gasteiger partial charge in [0.1, 0.15) is 5.75 Å². The molecule has 39 heavy (non-hydrogen) atoms. The van der Waals surface area contributed by atoms with Crippen LogP contribution in [-0.4, -0.2) is 17.3 Å². The second-order valence-electron chi connectivity index (χ2n) is 13.1. The normalized spacial score (nSPS) is 23.8. The quantitative estimate of drug-likeness (QED) is 0.222. The molecule has 1 N–H and O–H groups in total. The van der Waals surface area contributed by atoms with Gasteiger partial charge in [-0.05, 0) is 41.2 Å². The van der Waals surface area contributed by atoms with Crippen molar-refractivity contribution in [1.82, 2.24) is 0 Å². The summed E-state index contributed by atoms with van der Waals surface area (Å²) in [5.74, 6) is -0.847. The minimum absolute atomic E-state index is 0.199. The Kier molecular flexibility index (Phi) is 7.43. The number of hydrogen-bond acceptors (Lipinski definition) is 4. The van der Waals surface area contributed by atoms with Gasteiger partial charge in [0.05, 0.1) is 6.61 Å². The van der Waals surface area contributed by atoms with Crippen molar-refractivity contribution in [1.29, 1.82) is 0 Å². The molecule has 0 aliphatic carbocycles. The summed E-state index contributed by atoms with van der Waals surface area (Å²) in [5, 5.41) is 11.1. The lowest BCUT2D eigenvalue weighted by Gasteiger charge is -2.61. The summed E-state index contributed by atoms with van der Waals surface area (Å²) in [5.41, 5.74) is 5.11. The molecule has 0 saturated carbocycles. The number of fused-ring (bicyclic) bond motifs is 1. The van der Waals surface area contributed by atoms with Gasteiger partial charge in [-0.25, -0.2) is 4.89 Å². The molecule has 0 bridgehead atoms. The number of aromatic hydroxyl groups is 1. The van der Waals surface area contributed by atoms with Crippen LogP contribution in [0.3, 0.4) is 0 Å². The minimum atomic E-state index is -1.05. The first-order valence-corrected chi connectivity index (χ1v) is 14.6. The maximum Gasteiger partial charge on any atom is 0.261 e. The Labute approximate surface area is 234 Å². The lowest BCUT2D eigenvalue weighted by molar-refractivity contribution is -0.626. The van der Waals surface area contributed by atoms with E-state index >= 15 is 0 Å². The van der Waals surface area contributed by atoms with E-state index in [1.54, 1.807) is 6.07 Å². The van der Waals surface area contributed by atoms with Crippen LogP contribution in [0, 0.1) is 10.8 Å². The fourth-order valence-electron chi connectivity index (χ4n) is 6.86. The van der Waals surface area contributed by atoms with E-state index in [9.17, 15) is 5.11 Å². The van der Waals surface area contributed by atoms with E-state index in [0.29, 0.717) is 6.61 Å². The number of unbranched alkanes of at least 4 members (excludes halogenated alkanes) is 4. The van der Waals surface area contributed by atoms with Crippen LogP contribution in [0.2, 0.25) is 0 Å². The third kappa shape index (κ3) is 4.61. The topological polar surface area (TPSA) is 47.9 Å². The van der Waals surface area contributed by atoms with E-state index in [1.165, 1.54) is 48.8 Å². The highest BCUT2D eigenvalue weighted by Gasteiger charge is 2.81. The van der Waals surface area contributed by atoms with Crippen LogP contribution in [0.5, 0.6) is 5.75 Å². The third-order valence-corrected chi connectivity index (χ3v) is 8.82. The lowest BCUT2D eigenvalue weighted by atomic mass is 9.57. The zero-order chi connectivity index (χ0) is 27.9. The smallest absolute Gasteiger partial charge is 0.261 e. The van der Waals surface area contributed by atoms with Gasteiger partial charge in [0.2, 0.25) is 0 Å². The highest BCUT2D eigenvalue weighted by Crippen LogP contribution is 2.69. The number of phenols is 1. The first kappa shape index (κ1) is 27.9. The Morgan fingerprint density at radius 1 is 0.769 bits per heavy atom. The Morgan fingerprint density at radius 3 is 1.95 bits per heavy atom. The van der Waals surface area contributed by atoms with Crippen molar-refractivity contribution in [3.8, 4) is 28.0 Å². The molecule has 2 aliphatic rings. The lowest BCUT2D eigenvalue weighted by Crippen LogP contribution is -2.72. The summed E-state index contributed by atoms with van der Waals surface area (Å²) < 4.78 is 6.32. The summed E-state index contributed by atoms with van der Waals surface area (Å²) in [4.78, 5) is 11.7. The van der Waals surface area contributed by atoms with Gasteiger partial charge in [0.25, 0.3) is 5.79 Å². The van der Waals surface area contributed by atoms with Gasteiger partial charge < -0.3 is 9.84 Å². The van der Waals surface area contributed by atoms with E-state index in [1.807, 2.05) is 12.1 Å². The van der Waals surface area contributed by atoms with E-state index in [-0.39, 0.29) is 16.6 Å². The van der Waals surface area contributed by atoms with Crippen LogP contribution >= 0.6 is 0 Å². The Bertz CT molecular complexity index is 1290. The number of rotatable bonds is 9. The van der Waals surface area contributed by atoms with Crippen LogP contribution in [-0.2, 0) is 26.7 Å². The van der Waals surface area contributed by atoms with Crippen molar-refractivity contribution < 1.29 is 19.6 Å². The molecule has 4 heteroatoms. The number of hydrogen-bond donors (Lipinski definition) is 1. The maximum absolute atomic E-state index is 11.1. The van der Waals surface area contributed by atoms with Gasteiger partial charge in [-0.2, -0.15) is 4.89 Å². The van der Waals surface area contributed by atoms with Crippen molar-refractivity contribution in [3.05, 3.63) is 77.9 Å². The average Bonchev–Trinajstić information content (AvgIpc) is 3.05. The van der Waals surface area contributed by atoms with E-state index in [2.05, 4.69) is 90.1 Å². The summed E-state index contributed by atoms with van der Waals surface area (Å²) in [7, 11) is 0. The molecule has 2 heterocycles. The standard InChI is InChI=1S/C35H44O4/c1-7-8-9-10-11-12-25-13-15-26(16-14-25)27-17-19-28(20-18-27)30-22-21-29(23-31(30)36)34-35(39-38-34,32(2,3)4)33(5,6)24-37-34/h13-23,36H,7-12,24H2,1-6H3.